The van der Waals surface area contributed by atoms with Gasteiger partial charge in [0.15, 0.2) is 0 Å². The Kier molecular flexibility index (Phi) is 3.76. The molecule has 1 aromatic carbocycles. The zero-order valence-corrected chi connectivity index (χ0v) is 11.6. The summed E-state index contributed by atoms with van der Waals surface area (Å²) in [7, 11) is 1.79. The quantitative estimate of drug-likeness (QED) is 0.908. The average molecular weight is 261 g/mol. The van der Waals surface area contributed by atoms with E-state index in [1.165, 1.54) is 24.0 Å². The summed E-state index contributed by atoms with van der Waals surface area (Å²) in [5, 5.41) is 9.92. The van der Waals surface area contributed by atoms with Crippen LogP contribution in [-0.4, -0.2) is 36.8 Å². The van der Waals surface area contributed by atoms with Gasteiger partial charge in [0.05, 0.1) is 0 Å². The third-order valence-corrected chi connectivity index (χ3v) is 4.71. The number of methoxy groups -OCH3 is 1. The Morgan fingerprint density at radius 3 is 2.79 bits per heavy atom. The molecule has 1 fully saturated rings. The maximum Gasteiger partial charge on any atom is 0.119 e. The molecular weight excluding hydrogens is 238 g/mol. The molecule has 19 heavy (non-hydrogen) atoms. The third kappa shape index (κ3) is 2.49. The second kappa shape index (κ2) is 5.51. The molecule has 1 N–H and O–H groups in total. The van der Waals surface area contributed by atoms with Crippen molar-refractivity contribution in [2.24, 2.45) is 5.92 Å². The van der Waals surface area contributed by atoms with Gasteiger partial charge in [0.25, 0.3) is 0 Å². The van der Waals surface area contributed by atoms with Crippen LogP contribution >= 0.6 is 0 Å². The van der Waals surface area contributed by atoms with Gasteiger partial charge in [0.2, 0.25) is 0 Å². The van der Waals surface area contributed by atoms with Crippen molar-refractivity contribution in [3.8, 4) is 5.75 Å². The first-order valence-electron chi connectivity index (χ1n) is 7.33. The highest BCUT2D eigenvalue weighted by Crippen LogP contribution is 2.41. The number of rotatable bonds is 3. The van der Waals surface area contributed by atoms with E-state index in [-0.39, 0.29) is 0 Å². The van der Waals surface area contributed by atoms with Crippen molar-refractivity contribution in [3.63, 3.8) is 0 Å². The Bertz CT molecular complexity index is 438. The summed E-state index contributed by atoms with van der Waals surface area (Å²) >= 11 is 0. The Morgan fingerprint density at radius 1 is 1.26 bits per heavy atom. The zero-order chi connectivity index (χ0) is 13.2. The van der Waals surface area contributed by atoms with Crippen molar-refractivity contribution in [1.29, 1.82) is 0 Å². The number of phenols is 1. The fraction of sp³-hybridized carbons (Fsp3) is 0.625. The molecule has 3 heteroatoms. The first-order chi connectivity index (χ1) is 9.29. The predicted octanol–water partition coefficient (Wildman–Crippen LogP) is 2.74. The highest BCUT2D eigenvalue weighted by molar-refractivity contribution is 5.44. The summed E-state index contributed by atoms with van der Waals surface area (Å²) in [5.74, 6) is 1.21. The SMILES string of the molecule is COCC1CCN(C2CCc3c(O)cccc32)CC1. The van der Waals surface area contributed by atoms with Crippen molar-refractivity contribution < 1.29 is 9.84 Å². The number of nitrogens with zero attached hydrogens (tertiary/aromatic N) is 1. The molecule has 1 aromatic rings. The number of aromatic hydroxyl groups is 1. The van der Waals surface area contributed by atoms with E-state index in [1.54, 1.807) is 7.11 Å². The Hall–Kier alpha value is -1.06. The molecule has 1 aliphatic heterocycles. The minimum atomic E-state index is 0.481. The summed E-state index contributed by atoms with van der Waals surface area (Å²) in [5.41, 5.74) is 2.52. The van der Waals surface area contributed by atoms with E-state index >= 15 is 0 Å². The lowest BCUT2D eigenvalue weighted by molar-refractivity contribution is 0.0795. The van der Waals surface area contributed by atoms with Gasteiger partial charge < -0.3 is 9.84 Å². The van der Waals surface area contributed by atoms with Crippen molar-refractivity contribution >= 4 is 0 Å². The van der Waals surface area contributed by atoms with Gasteiger partial charge in [-0.15, -0.1) is 0 Å². The molecule has 0 amide bonds. The number of ether oxygens (including phenoxy) is 1. The van der Waals surface area contributed by atoms with Crippen LogP contribution in [-0.2, 0) is 11.2 Å². The third-order valence-electron chi connectivity index (χ3n) is 4.71. The molecule has 3 nitrogen and oxygen atoms in total. The van der Waals surface area contributed by atoms with E-state index in [9.17, 15) is 5.11 Å². The molecule has 1 heterocycles. The van der Waals surface area contributed by atoms with Crippen LogP contribution in [0.15, 0.2) is 18.2 Å². The minimum absolute atomic E-state index is 0.481. The number of fused-ring (bicyclic) bond motifs is 1. The molecular formula is C16H23NO2. The summed E-state index contributed by atoms with van der Waals surface area (Å²) in [4.78, 5) is 2.59. The van der Waals surface area contributed by atoms with Gasteiger partial charge >= 0.3 is 0 Å². The number of likely N-dealkylation sites (tertiary alicyclic amines) is 1. The smallest absolute Gasteiger partial charge is 0.119 e. The van der Waals surface area contributed by atoms with Crippen molar-refractivity contribution in [2.45, 2.75) is 31.7 Å². The topological polar surface area (TPSA) is 32.7 Å². The Labute approximate surface area is 115 Å². The van der Waals surface area contributed by atoms with Crippen LogP contribution in [0.3, 0.4) is 0 Å². The highest BCUT2D eigenvalue weighted by atomic mass is 16.5. The molecule has 0 radical (unpaired) electrons. The number of benzene rings is 1. The van der Waals surface area contributed by atoms with Gasteiger partial charge in [-0.05, 0) is 61.9 Å². The lowest BCUT2D eigenvalue weighted by atomic mass is 9.95. The second-order valence-corrected chi connectivity index (χ2v) is 5.83. The number of phenolic OH excluding ortho intramolecular Hbond substituents is 1. The van der Waals surface area contributed by atoms with E-state index in [1.807, 2.05) is 12.1 Å². The standard InChI is InChI=1S/C16H23NO2/c1-19-11-12-7-9-17(10-8-12)15-6-5-14-13(15)3-2-4-16(14)18/h2-4,12,15,18H,5-11H2,1H3. The van der Waals surface area contributed by atoms with E-state index in [0.29, 0.717) is 11.8 Å². The number of hydrogen-bond acceptors (Lipinski definition) is 3. The predicted molar refractivity (Wildman–Crippen MR) is 75.3 cm³/mol. The van der Waals surface area contributed by atoms with Gasteiger partial charge in [0, 0.05) is 19.8 Å². The van der Waals surface area contributed by atoms with E-state index in [4.69, 9.17) is 4.74 Å². The number of hydrogen-bond donors (Lipinski definition) is 1. The van der Waals surface area contributed by atoms with Crippen molar-refractivity contribution in [2.75, 3.05) is 26.8 Å². The maximum absolute atomic E-state index is 9.92. The Balaban J connectivity index is 1.68. The maximum atomic E-state index is 9.92. The molecule has 0 spiro atoms. The van der Waals surface area contributed by atoms with Gasteiger partial charge in [-0.3, -0.25) is 4.90 Å². The van der Waals surface area contributed by atoms with E-state index in [0.717, 1.165) is 38.5 Å². The Morgan fingerprint density at radius 2 is 2.05 bits per heavy atom. The normalized spacial score (nSPS) is 24.6. The van der Waals surface area contributed by atoms with Crippen LogP contribution in [0.25, 0.3) is 0 Å². The van der Waals surface area contributed by atoms with Crippen LogP contribution in [0.5, 0.6) is 5.75 Å². The molecule has 1 saturated heterocycles. The molecule has 0 aromatic heterocycles. The van der Waals surface area contributed by atoms with Gasteiger partial charge in [-0.2, -0.15) is 0 Å². The molecule has 0 saturated carbocycles. The van der Waals surface area contributed by atoms with Crippen LogP contribution < -0.4 is 0 Å². The highest BCUT2D eigenvalue weighted by Gasteiger charge is 2.31. The van der Waals surface area contributed by atoms with Crippen LogP contribution in [0.4, 0.5) is 0 Å². The minimum Gasteiger partial charge on any atom is -0.508 e. The fourth-order valence-corrected chi connectivity index (χ4v) is 3.66. The van der Waals surface area contributed by atoms with E-state index < -0.39 is 0 Å². The monoisotopic (exact) mass is 261 g/mol. The van der Waals surface area contributed by atoms with Crippen LogP contribution in [0, 0.1) is 5.92 Å². The summed E-state index contributed by atoms with van der Waals surface area (Å²) in [6.07, 6.45) is 4.64. The molecule has 1 unspecified atom stereocenters. The second-order valence-electron chi connectivity index (χ2n) is 5.83. The zero-order valence-electron chi connectivity index (χ0n) is 11.6. The van der Waals surface area contributed by atoms with Crippen molar-refractivity contribution in [3.05, 3.63) is 29.3 Å². The molecule has 1 aliphatic carbocycles. The average Bonchev–Trinajstić information content (AvgIpc) is 2.85. The largest absolute Gasteiger partial charge is 0.508 e. The van der Waals surface area contributed by atoms with Crippen LogP contribution in [0.1, 0.15) is 36.4 Å². The van der Waals surface area contributed by atoms with Crippen molar-refractivity contribution in [1.82, 2.24) is 4.90 Å². The molecule has 3 rings (SSSR count). The lowest BCUT2D eigenvalue weighted by Gasteiger charge is -2.36. The lowest BCUT2D eigenvalue weighted by Crippen LogP contribution is -2.37. The number of piperidine rings is 1. The summed E-state index contributed by atoms with van der Waals surface area (Å²) in [6.45, 7) is 3.22. The van der Waals surface area contributed by atoms with Crippen LogP contribution in [0.2, 0.25) is 0 Å². The van der Waals surface area contributed by atoms with Gasteiger partial charge in [-0.25, -0.2) is 0 Å². The fourth-order valence-electron chi connectivity index (χ4n) is 3.66. The van der Waals surface area contributed by atoms with Gasteiger partial charge in [-0.1, -0.05) is 12.1 Å². The van der Waals surface area contributed by atoms with E-state index in [2.05, 4.69) is 11.0 Å². The summed E-state index contributed by atoms with van der Waals surface area (Å²) in [6, 6.07) is 6.50. The van der Waals surface area contributed by atoms with Gasteiger partial charge in [0.1, 0.15) is 5.75 Å². The molecule has 104 valence electrons. The molecule has 0 bridgehead atoms. The molecule has 2 aliphatic rings. The summed E-state index contributed by atoms with van der Waals surface area (Å²) < 4.78 is 5.26. The molecule has 1 atom stereocenters. The first kappa shape index (κ1) is 12.9. The first-order valence-corrected chi connectivity index (χ1v) is 7.33.